The number of nitrogens with zero attached hydrogens (tertiary/aromatic N) is 2. The van der Waals surface area contributed by atoms with Crippen molar-refractivity contribution >= 4 is 17.7 Å². The molecule has 25 heavy (non-hydrogen) atoms. The maximum Gasteiger partial charge on any atom is 0.248 e. The van der Waals surface area contributed by atoms with E-state index in [9.17, 15) is 9.18 Å². The lowest BCUT2D eigenvalue weighted by Crippen LogP contribution is -2.09. The molecule has 0 aliphatic rings. The smallest absolute Gasteiger partial charge is 0.248 e. The molecule has 0 spiro atoms. The number of aromatic nitrogens is 2. The Morgan fingerprint density at radius 2 is 1.76 bits per heavy atom. The van der Waals surface area contributed by atoms with Gasteiger partial charge in [0.1, 0.15) is 5.82 Å². The highest BCUT2D eigenvalue weighted by Gasteiger charge is 2.14. The Bertz CT molecular complexity index is 929. The van der Waals surface area contributed by atoms with Crippen molar-refractivity contribution in [2.24, 2.45) is 0 Å². The fourth-order valence-electron chi connectivity index (χ4n) is 2.58. The first-order chi connectivity index (χ1) is 12.1. The summed E-state index contributed by atoms with van der Waals surface area (Å²) in [5, 5.41) is 7.31. The lowest BCUT2D eigenvalue weighted by molar-refractivity contribution is -0.111. The zero-order valence-electron chi connectivity index (χ0n) is 14.0. The van der Waals surface area contributed by atoms with Crippen molar-refractivity contribution in [2.45, 2.75) is 13.8 Å². The summed E-state index contributed by atoms with van der Waals surface area (Å²) >= 11 is 0. The van der Waals surface area contributed by atoms with Gasteiger partial charge in [-0.15, -0.1) is 0 Å². The van der Waals surface area contributed by atoms with Gasteiger partial charge in [-0.2, -0.15) is 5.10 Å². The van der Waals surface area contributed by atoms with Crippen LogP contribution in [0.3, 0.4) is 0 Å². The van der Waals surface area contributed by atoms with Gasteiger partial charge in [-0.1, -0.05) is 36.4 Å². The van der Waals surface area contributed by atoms with Crippen LogP contribution in [0.2, 0.25) is 0 Å². The highest BCUT2D eigenvalue weighted by Crippen LogP contribution is 2.22. The molecular weight excluding hydrogens is 317 g/mol. The molecule has 1 amide bonds. The molecule has 3 aromatic rings. The molecule has 1 heterocycles. The summed E-state index contributed by atoms with van der Waals surface area (Å²) in [6.45, 7) is 3.73. The molecule has 0 radical (unpaired) electrons. The van der Waals surface area contributed by atoms with Crippen LogP contribution in [0.4, 0.5) is 10.1 Å². The number of nitrogens with one attached hydrogen (secondary N) is 1. The van der Waals surface area contributed by atoms with E-state index in [-0.39, 0.29) is 11.7 Å². The maximum atomic E-state index is 13.6. The second-order valence-electron chi connectivity index (χ2n) is 5.64. The van der Waals surface area contributed by atoms with Crippen LogP contribution in [-0.4, -0.2) is 15.7 Å². The van der Waals surface area contributed by atoms with Crippen LogP contribution < -0.4 is 5.32 Å². The summed E-state index contributed by atoms with van der Waals surface area (Å²) in [6, 6.07) is 16.0. The van der Waals surface area contributed by atoms with Crippen LogP contribution in [-0.2, 0) is 4.79 Å². The van der Waals surface area contributed by atoms with Crippen molar-refractivity contribution in [3.8, 4) is 5.69 Å². The minimum atomic E-state index is -0.365. The summed E-state index contributed by atoms with van der Waals surface area (Å²) in [5.41, 5.74) is 3.49. The monoisotopic (exact) mass is 335 g/mol. The number of halogens is 1. The number of hydrogen-bond acceptors (Lipinski definition) is 2. The zero-order valence-corrected chi connectivity index (χ0v) is 14.0. The predicted octanol–water partition coefficient (Wildman–Crippen LogP) is 4.28. The molecule has 0 saturated carbocycles. The minimum absolute atomic E-state index is 0.331. The van der Waals surface area contributed by atoms with Gasteiger partial charge >= 0.3 is 0 Å². The van der Waals surface area contributed by atoms with E-state index in [1.165, 1.54) is 18.2 Å². The van der Waals surface area contributed by atoms with Crippen LogP contribution >= 0.6 is 0 Å². The molecule has 0 fully saturated rings. The molecule has 5 heteroatoms. The van der Waals surface area contributed by atoms with Crippen molar-refractivity contribution in [2.75, 3.05) is 5.32 Å². The Labute approximate surface area is 145 Å². The highest BCUT2D eigenvalue weighted by atomic mass is 19.1. The molecule has 1 N–H and O–H groups in total. The summed E-state index contributed by atoms with van der Waals surface area (Å²) < 4.78 is 15.4. The van der Waals surface area contributed by atoms with Crippen molar-refractivity contribution in [3.63, 3.8) is 0 Å². The topological polar surface area (TPSA) is 46.9 Å². The van der Waals surface area contributed by atoms with Gasteiger partial charge in [-0.25, -0.2) is 9.07 Å². The molecule has 0 atom stereocenters. The number of benzene rings is 2. The molecule has 4 nitrogen and oxygen atoms in total. The van der Waals surface area contributed by atoms with Gasteiger partial charge in [0.15, 0.2) is 0 Å². The number of aryl methyl sites for hydroxylation is 1. The molecular formula is C20H18FN3O. The van der Waals surface area contributed by atoms with E-state index in [1.807, 2.05) is 44.2 Å². The number of rotatable bonds is 4. The average Bonchev–Trinajstić information content (AvgIpc) is 2.90. The lowest BCUT2D eigenvalue weighted by Gasteiger charge is -2.05. The van der Waals surface area contributed by atoms with Gasteiger partial charge in [0.05, 0.1) is 22.8 Å². The minimum Gasteiger partial charge on any atom is -0.319 e. The Kier molecular flexibility index (Phi) is 4.75. The fraction of sp³-hybridized carbons (Fsp3) is 0.100. The van der Waals surface area contributed by atoms with E-state index in [0.29, 0.717) is 16.9 Å². The molecule has 1 aromatic heterocycles. The lowest BCUT2D eigenvalue weighted by atomic mass is 10.2. The maximum absolute atomic E-state index is 13.6. The van der Waals surface area contributed by atoms with Crippen molar-refractivity contribution in [3.05, 3.63) is 83.4 Å². The quantitative estimate of drug-likeness (QED) is 0.723. The van der Waals surface area contributed by atoms with Gasteiger partial charge in [0, 0.05) is 11.6 Å². The zero-order chi connectivity index (χ0) is 17.8. The molecule has 0 unspecified atom stereocenters. The van der Waals surface area contributed by atoms with E-state index >= 15 is 0 Å². The first kappa shape index (κ1) is 16.6. The Morgan fingerprint density at radius 1 is 1.08 bits per heavy atom. The third-order valence-corrected chi connectivity index (χ3v) is 3.86. The number of amides is 1. The van der Waals surface area contributed by atoms with E-state index in [1.54, 1.807) is 22.9 Å². The largest absolute Gasteiger partial charge is 0.319 e. The molecule has 0 saturated heterocycles. The number of para-hydroxylation sites is 1. The normalized spacial score (nSPS) is 11.0. The van der Waals surface area contributed by atoms with Crippen LogP contribution in [0.1, 0.15) is 17.0 Å². The van der Waals surface area contributed by atoms with Crippen LogP contribution in [0.5, 0.6) is 0 Å². The average molecular weight is 335 g/mol. The number of anilines is 1. The Balaban J connectivity index is 1.80. The van der Waals surface area contributed by atoms with Crippen LogP contribution in [0, 0.1) is 19.7 Å². The third kappa shape index (κ3) is 3.66. The van der Waals surface area contributed by atoms with Crippen molar-refractivity contribution in [1.29, 1.82) is 0 Å². The number of carbonyl (C=O) groups is 1. The Hall–Kier alpha value is -3.21. The summed E-state index contributed by atoms with van der Waals surface area (Å²) in [7, 11) is 0. The van der Waals surface area contributed by atoms with E-state index < -0.39 is 0 Å². The standard InChI is InChI=1S/C20H18FN3O/c1-14-20(15(2)24(23-14)17-9-4-3-5-10-17)22-19(25)13-12-16-8-6-7-11-18(16)21/h3-13H,1-2H3,(H,22,25)/b13-12+. The number of carbonyl (C=O) groups excluding carboxylic acids is 1. The molecule has 3 rings (SSSR count). The molecule has 126 valence electrons. The molecule has 2 aromatic carbocycles. The van der Waals surface area contributed by atoms with Gasteiger partial charge in [0.25, 0.3) is 0 Å². The molecule has 0 aliphatic carbocycles. The van der Waals surface area contributed by atoms with Gasteiger partial charge in [0.2, 0.25) is 5.91 Å². The molecule has 0 aliphatic heterocycles. The third-order valence-electron chi connectivity index (χ3n) is 3.86. The highest BCUT2D eigenvalue weighted by molar-refractivity contribution is 6.02. The summed E-state index contributed by atoms with van der Waals surface area (Å²) in [5.74, 6) is -0.696. The second kappa shape index (κ2) is 7.13. The van der Waals surface area contributed by atoms with E-state index in [0.717, 1.165) is 11.4 Å². The van der Waals surface area contributed by atoms with E-state index in [4.69, 9.17) is 0 Å². The Morgan fingerprint density at radius 3 is 2.48 bits per heavy atom. The second-order valence-corrected chi connectivity index (χ2v) is 5.64. The van der Waals surface area contributed by atoms with Gasteiger partial charge < -0.3 is 5.32 Å². The fourth-order valence-corrected chi connectivity index (χ4v) is 2.58. The summed E-state index contributed by atoms with van der Waals surface area (Å²) in [6.07, 6.45) is 2.77. The first-order valence-electron chi connectivity index (χ1n) is 7.91. The van der Waals surface area contributed by atoms with E-state index in [2.05, 4.69) is 10.4 Å². The van der Waals surface area contributed by atoms with Crippen LogP contribution in [0.15, 0.2) is 60.7 Å². The first-order valence-corrected chi connectivity index (χ1v) is 7.91. The van der Waals surface area contributed by atoms with Gasteiger partial charge in [-0.05, 0) is 38.1 Å². The van der Waals surface area contributed by atoms with Crippen molar-refractivity contribution in [1.82, 2.24) is 9.78 Å². The number of hydrogen-bond donors (Lipinski definition) is 1. The van der Waals surface area contributed by atoms with Crippen molar-refractivity contribution < 1.29 is 9.18 Å². The molecule has 0 bridgehead atoms. The SMILES string of the molecule is Cc1nn(-c2ccccc2)c(C)c1NC(=O)/C=C/c1ccccc1F. The van der Waals surface area contributed by atoms with Crippen LogP contribution in [0.25, 0.3) is 11.8 Å². The van der Waals surface area contributed by atoms with Gasteiger partial charge in [-0.3, -0.25) is 4.79 Å². The predicted molar refractivity (Wildman–Crippen MR) is 97.1 cm³/mol. The summed E-state index contributed by atoms with van der Waals surface area (Å²) in [4.78, 5) is 12.2.